The zero-order chi connectivity index (χ0) is 15.2. The fourth-order valence-electron chi connectivity index (χ4n) is 1.65. The standard InChI is InChI=1S/C16H22N2O2/c1-16(2,3)17-15(20)18(4)12-14-8-5-7-13(11-14)9-6-10-19/h5,7-8,11,19H,10,12H2,1-4H3,(H,17,20). The van der Waals surface area contributed by atoms with Gasteiger partial charge in [0.15, 0.2) is 0 Å². The van der Waals surface area contributed by atoms with Crippen LogP contribution < -0.4 is 5.32 Å². The average Bonchev–Trinajstić information content (AvgIpc) is 2.34. The number of amides is 2. The molecule has 0 spiro atoms. The van der Waals surface area contributed by atoms with Gasteiger partial charge >= 0.3 is 6.03 Å². The second-order valence-corrected chi connectivity index (χ2v) is 5.70. The van der Waals surface area contributed by atoms with Gasteiger partial charge < -0.3 is 15.3 Å². The highest BCUT2D eigenvalue weighted by Gasteiger charge is 2.16. The highest BCUT2D eigenvalue weighted by molar-refractivity contribution is 5.74. The predicted octanol–water partition coefficient (Wildman–Crippen LogP) is 1.97. The first-order valence-corrected chi connectivity index (χ1v) is 6.54. The SMILES string of the molecule is CN(Cc1cccc(C#CCO)c1)C(=O)NC(C)(C)C. The summed E-state index contributed by atoms with van der Waals surface area (Å²) in [5.41, 5.74) is 1.59. The lowest BCUT2D eigenvalue weighted by atomic mass is 10.1. The molecule has 0 aliphatic carbocycles. The zero-order valence-corrected chi connectivity index (χ0v) is 12.5. The number of hydrogen-bond acceptors (Lipinski definition) is 2. The molecule has 0 bridgehead atoms. The summed E-state index contributed by atoms with van der Waals surface area (Å²) in [4.78, 5) is 13.6. The molecule has 1 rings (SSSR count). The topological polar surface area (TPSA) is 52.6 Å². The number of benzene rings is 1. The lowest BCUT2D eigenvalue weighted by molar-refractivity contribution is 0.197. The molecule has 1 aromatic carbocycles. The number of aliphatic hydroxyl groups is 1. The van der Waals surface area contributed by atoms with E-state index in [-0.39, 0.29) is 18.2 Å². The van der Waals surface area contributed by atoms with Crippen molar-refractivity contribution in [3.05, 3.63) is 35.4 Å². The highest BCUT2D eigenvalue weighted by atomic mass is 16.2. The van der Waals surface area contributed by atoms with Crippen LogP contribution >= 0.6 is 0 Å². The van der Waals surface area contributed by atoms with Crippen LogP contribution in [0.5, 0.6) is 0 Å². The summed E-state index contributed by atoms with van der Waals surface area (Å²) in [6.45, 7) is 6.20. The average molecular weight is 274 g/mol. The van der Waals surface area contributed by atoms with Gasteiger partial charge in [-0.1, -0.05) is 24.0 Å². The van der Waals surface area contributed by atoms with E-state index in [2.05, 4.69) is 17.2 Å². The number of hydrogen-bond donors (Lipinski definition) is 2. The molecule has 0 aromatic heterocycles. The molecule has 2 N–H and O–H groups in total. The minimum absolute atomic E-state index is 0.107. The van der Waals surface area contributed by atoms with Gasteiger partial charge in [0.25, 0.3) is 0 Å². The van der Waals surface area contributed by atoms with E-state index in [4.69, 9.17) is 5.11 Å². The van der Waals surface area contributed by atoms with Crippen LogP contribution in [0.4, 0.5) is 4.79 Å². The van der Waals surface area contributed by atoms with E-state index in [1.165, 1.54) is 0 Å². The molecular weight excluding hydrogens is 252 g/mol. The van der Waals surface area contributed by atoms with Crippen molar-refractivity contribution in [2.24, 2.45) is 0 Å². The van der Waals surface area contributed by atoms with Gasteiger partial charge in [0.2, 0.25) is 0 Å². The van der Waals surface area contributed by atoms with Crippen molar-refractivity contribution < 1.29 is 9.90 Å². The van der Waals surface area contributed by atoms with Gasteiger partial charge in [-0.3, -0.25) is 0 Å². The number of carbonyl (C=O) groups is 1. The molecule has 0 atom stereocenters. The number of nitrogens with zero attached hydrogens (tertiary/aromatic N) is 1. The first-order valence-electron chi connectivity index (χ1n) is 6.54. The summed E-state index contributed by atoms with van der Waals surface area (Å²) in [6, 6.07) is 7.53. The third kappa shape index (κ3) is 5.77. The van der Waals surface area contributed by atoms with E-state index in [9.17, 15) is 4.79 Å². The number of carbonyl (C=O) groups excluding carboxylic acids is 1. The maximum Gasteiger partial charge on any atom is 0.317 e. The first-order chi connectivity index (χ1) is 9.31. The van der Waals surface area contributed by atoms with Crippen LogP contribution in [0.2, 0.25) is 0 Å². The molecule has 20 heavy (non-hydrogen) atoms. The Balaban J connectivity index is 2.70. The summed E-state index contributed by atoms with van der Waals surface area (Å²) >= 11 is 0. The van der Waals surface area contributed by atoms with Crippen molar-refractivity contribution in [3.63, 3.8) is 0 Å². The molecule has 108 valence electrons. The van der Waals surface area contributed by atoms with Crippen LogP contribution in [0.1, 0.15) is 31.9 Å². The molecule has 2 amide bonds. The van der Waals surface area contributed by atoms with Gasteiger partial charge in [-0.15, -0.1) is 0 Å². The van der Waals surface area contributed by atoms with Crippen molar-refractivity contribution in [2.45, 2.75) is 32.9 Å². The molecule has 0 aliphatic rings. The second kappa shape index (κ2) is 6.97. The van der Waals surface area contributed by atoms with Crippen LogP contribution in [0.25, 0.3) is 0 Å². The summed E-state index contributed by atoms with van der Waals surface area (Å²) in [5, 5.41) is 11.6. The minimum atomic E-state index is -0.250. The molecule has 4 heteroatoms. The molecule has 0 saturated carbocycles. The van der Waals surface area contributed by atoms with Gasteiger partial charge in [-0.25, -0.2) is 4.79 Å². The Morgan fingerprint density at radius 2 is 2.10 bits per heavy atom. The Morgan fingerprint density at radius 1 is 1.40 bits per heavy atom. The van der Waals surface area contributed by atoms with Crippen LogP contribution in [0.3, 0.4) is 0 Å². The van der Waals surface area contributed by atoms with E-state index < -0.39 is 0 Å². The van der Waals surface area contributed by atoms with Crippen LogP contribution in [-0.4, -0.2) is 35.2 Å². The van der Waals surface area contributed by atoms with Crippen molar-refractivity contribution in [2.75, 3.05) is 13.7 Å². The summed E-state index contributed by atoms with van der Waals surface area (Å²) in [6.07, 6.45) is 0. The number of nitrogens with one attached hydrogen (secondary N) is 1. The normalized spacial score (nSPS) is 10.4. The minimum Gasteiger partial charge on any atom is -0.384 e. The van der Waals surface area contributed by atoms with E-state index in [1.54, 1.807) is 11.9 Å². The molecule has 0 aliphatic heterocycles. The maximum atomic E-state index is 12.0. The van der Waals surface area contributed by atoms with E-state index in [1.807, 2.05) is 45.0 Å². The van der Waals surface area contributed by atoms with E-state index in [0.717, 1.165) is 11.1 Å². The molecule has 0 radical (unpaired) electrons. The highest BCUT2D eigenvalue weighted by Crippen LogP contribution is 2.08. The lowest BCUT2D eigenvalue weighted by Crippen LogP contribution is -2.46. The molecule has 0 heterocycles. The number of urea groups is 1. The van der Waals surface area contributed by atoms with Crippen molar-refractivity contribution in [1.29, 1.82) is 0 Å². The molecule has 4 nitrogen and oxygen atoms in total. The molecule has 1 aromatic rings. The second-order valence-electron chi connectivity index (χ2n) is 5.70. The zero-order valence-electron chi connectivity index (χ0n) is 12.5. The third-order valence-corrected chi connectivity index (χ3v) is 2.49. The van der Waals surface area contributed by atoms with Gasteiger partial charge in [0.05, 0.1) is 0 Å². The van der Waals surface area contributed by atoms with Gasteiger partial charge in [0, 0.05) is 24.7 Å². The van der Waals surface area contributed by atoms with Crippen molar-refractivity contribution >= 4 is 6.03 Å². The quantitative estimate of drug-likeness (QED) is 0.810. The van der Waals surface area contributed by atoms with Gasteiger partial charge in [0.1, 0.15) is 6.61 Å². The van der Waals surface area contributed by atoms with Gasteiger partial charge in [-0.2, -0.15) is 0 Å². The number of rotatable bonds is 2. The largest absolute Gasteiger partial charge is 0.384 e. The van der Waals surface area contributed by atoms with E-state index >= 15 is 0 Å². The Labute approximate surface area is 120 Å². The van der Waals surface area contributed by atoms with Crippen molar-refractivity contribution in [3.8, 4) is 11.8 Å². The molecule has 0 unspecified atom stereocenters. The third-order valence-electron chi connectivity index (χ3n) is 2.49. The van der Waals surface area contributed by atoms with Gasteiger partial charge in [-0.05, 0) is 38.5 Å². The fraction of sp³-hybridized carbons (Fsp3) is 0.438. The summed E-state index contributed by atoms with van der Waals surface area (Å²) in [7, 11) is 1.76. The first kappa shape index (κ1) is 16.1. The fourth-order valence-corrected chi connectivity index (χ4v) is 1.65. The molecular formula is C16H22N2O2. The lowest BCUT2D eigenvalue weighted by Gasteiger charge is -2.25. The van der Waals surface area contributed by atoms with E-state index in [0.29, 0.717) is 6.54 Å². The Morgan fingerprint density at radius 3 is 2.70 bits per heavy atom. The Kier molecular flexibility index (Phi) is 5.60. The summed E-state index contributed by atoms with van der Waals surface area (Å²) < 4.78 is 0. The van der Waals surface area contributed by atoms with Crippen LogP contribution in [0.15, 0.2) is 24.3 Å². The number of aliphatic hydroxyl groups excluding tert-OH is 1. The maximum absolute atomic E-state index is 12.0. The Bertz CT molecular complexity index is 521. The predicted molar refractivity (Wildman–Crippen MR) is 80.2 cm³/mol. The van der Waals surface area contributed by atoms with Crippen molar-refractivity contribution in [1.82, 2.24) is 10.2 Å². The monoisotopic (exact) mass is 274 g/mol. The smallest absolute Gasteiger partial charge is 0.317 e. The van der Waals surface area contributed by atoms with Crippen LogP contribution in [-0.2, 0) is 6.54 Å². The summed E-state index contributed by atoms with van der Waals surface area (Å²) in [5.74, 6) is 5.47. The Hall–Kier alpha value is -1.99. The van der Waals surface area contributed by atoms with Crippen LogP contribution in [0, 0.1) is 11.8 Å². The molecule has 0 saturated heterocycles. The molecule has 0 fully saturated rings.